The van der Waals surface area contributed by atoms with Crippen molar-refractivity contribution in [3.63, 3.8) is 0 Å². The van der Waals surface area contributed by atoms with Crippen molar-refractivity contribution in [2.75, 3.05) is 63.2 Å². The highest BCUT2D eigenvalue weighted by atomic mass is 19.1. The quantitative estimate of drug-likeness (QED) is 0.361. The van der Waals surface area contributed by atoms with E-state index in [0.717, 1.165) is 38.9 Å². The number of nitrogens with one attached hydrogen (secondary N) is 2. The molecular weight excluding hydrogens is 526 g/mol. The summed E-state index contributed by atoms with van der Waals surface area (Å²) in [6, 6.07) is 4.24. The third kappa shape index (κ3) is 5.09. The molecule has 5 heterocycles. The van der Waals surface area contributed by atoms with E-state index in [2.05, 4.69) is 38.1 Å². The molecule has 2 fully saturated rings. The van der Waals surface area contributed by atoms with Gasteiger partial charge in [0.05, 0.1) is 16.6 Å². The molecule has 6 rings (SSSR count). The number of terminal acetylenes is 1. The van der Waals surface area contributed by atoms with Crippen LogP contribution in [-0.4, -0.2) is 84.2 Å². The molecule has 0 radical (unpaired) electrons. The number of rotatable bonds is 5. The Balaban J connectivity index is 1.54. The van der Waals surface area contributed by atoms with Crippen LogP contribution in [0.5, 0.6) is 0 Å². The molecule has 0 bridgehead atoms. The normalized spacial score (nSPS) is 18.1. The first kappa shape index (κ1) is 27.1. The fraction of sp³-hybridized carbons (Fsp3) is 0.400. The van der Waals surface area contributed by atoms with E-state index in [9.17, 15) is 9.18 Å². The number of hydrogen-bond donors (Lipinski definition) is 2. The molecule has 11 heteroatoms. The van der Waals surface area contributed by atoms with Gasteiger partial charge in [-0.1, -0.05) is 18.4 Å². The summed E-state index contributed by atoms with van der Waals surface area (Å²) in [5, 5.41) is 4.62. The Morgan fingerprint density at radius 1 is 1.17 bits per heavy atom. The summed E-state index contributed by atoms with van der Waals surface area (Å²) in [6.07, 6.45) is 10.5. The summed E-state index contributed by atoms with van der Waals surface area (Å²) >= 11 is 0. The Labute approximate surface area is 236 Å². The van der Waals surface area contributed by atoms with Gasteiger partial charge in [-0.15, -0.1) is 6.42 Å². The molecule has 0 amide bonds. The van der Waals surface area contributed by atoms with Crippen LogP contribution < -0.4 is 20.7 Å². The molecule has 0 aliphatic carbocycles. The number of halogens is 2. The van der Waals surface area contributed by atoms with Crippen LogP contribution in [0.1, 0.15) is 24.8 Å². The number of fused-ring (bicyclic) bond motifs is 2. The van der Waals surface area contributed by atoms with Crippen LogP contribution >= 0.6 is 0 Å². The average Bonchev–Trinajstić information content (AvgIpc) is 2.97. The second-order valence-corrected chi connectivity index (χ2v) is 10.9. The zero-order valence-electron chi connectivity index (χ0n) is 23.2. The van der Waals surface area contributed by atoms with E-state index in [0.29, 0.717) is 48.2 Å². The summed E-state index contributed by atoms with van der Waals surface area (Å²) in [7, 11) is 4.01. The first-order chi connectivity index (χ1) is 19.8. The summed E-state index contributed by atoms with van der Waals surface area (Å²) in [4.78, 5) is 35.6. The minimum absolute atomic E-state index is 0.0143. The van der Waals surface area contributed by atoms with Gasteiger partial charge in [0.2, 0.25) is 11.5 Å². The molecule has 2 aliphatic rings. The van der Waals surface area contributed by atoms with E-state index in [1.807, 2.05) is 11.9 Å². The molecule has 0 unspecified atom stereocenters. The van der Waals surface area contributed by atoms with Crippen molar-refractivity contribution in [1.82, 2.24) is 30.2 Å². The monoisotopic (exact) mass is 558 g/mol. The first-order valence-electron chi connectivity index (χ1n) is 13.9. The summed E-state index contributed by atoms with van der Waals surface area (Å²) in [5.41, 5.74) is -0.622. The van der Waals surface area contributed by atoms with Gasteiger partial charge >= 0.3 is 0 Å². The smallest absolute Gasteiger partial charge is 0.249 e. The Kier molecular flexibility index (Phi) is 7.28. The predicted molar refractivity (Wildman–Crippen MR) is 157 cm³/mol. The number of hydrogen-bond acceptors (Lipinski definition) is 8. The molecular formula is C30H32F2N8O. The maximum Gasteiger partial charge on any atom is 0.249 e. The molecule has 1 aromatic carbocycles. The van der Waals surface area contributed by atoms with Crippen LogP contribution in [-0.2, 0) is 0 Å². The molecule has 2 saturated heterocycles. The van der Waals surface area contributed by atoms with Crippen LogP contribution in [0.2, 0.25) is 0 Å². The van der Waals surface area contributed by atoms with E-state index in [4.69, 9.17) is 16.4 Å². The number of H-pyrrole nitrogens is 1. The van der Waals surface area contributed by atoms with E-state index >= 15 is 4.39 Å². The van der Waals surface area contributed by atoms with Gasteiger partial charge < -0.3 is 25.0 Å². The lowest BCUT2D eigenvalue weighted by atomic mass is 10.0. The predicted octanol–water partition coefficient (Wildman–Crippen LogP) is 3.12. The molecule has 0 spiro atoms. The van der Waals surface area contributed by atoms with Crippen LogP contribution in [0.4, 0.5) is 20.5 Å². The van der Waals surface area contributed by atoms with Crippen molar-refractivity contribution >= 4 is 33.4 Å². The molecule has 41 heavy (non-hydrogen) atoms. The van der Waals surface area contributed by atoms with Crippen molar-refractivity contribution in [3.8, 4) is 23.7 Å². The van der Waals surface area contributed by atoms with Crippen LogP contribution in [0, 0.1) is 24.0 Å². The van der Waals surface area contributed by atoms with Gasteiger partial charge in [0.1, 0.15) is 22.8 Å². The van der Waals surface area contributed by atoms with E-state index in [-0.39, 0.29) is 27.9 Å². The third-order valence-corrected chi connectivity index (χ3v) is 8.06. The fourth-order valence-corrected chi connectivity index (χ4v) is 5.80. The van der Waals surface area contributed by atoms with Gasteiger partial charge in [-0.3, -0.25) is 9.78 Å². The van der Waals surface area contributed by atoms with Crippen LogP contribution in [0.15, 0.2) is 29.2 Å². The van der Waals surface area contributed by atoms with Crippen molar-refractivity contribution < 1.29 is 8.78 Å². The van der Waals surface area contributed by atoms with Gasteiger partial charge in [-0.2, -0.15) is 4.98 Å². The Bertz CT molecular complexity index is 1720. The van der Waals surface area contributed by atoms with Crippen LogP contribution in [0.3, 0.4) is 0 Å². The molecule has 4 aromatic rings. The summed E-state index contributed by atoms with van der Waals surface area (Å²) in [6.45, 7) is 4.74. The maximum absolute atomic E-state index is 16.6. The molecule has 9 nitrogen and oxygen atoms in total. The van der Waals surface area contributed by atoms with Crippen molar-refractivity contribution in [1.29, 1.82) is 0 Å². The highest BCUT2D eigenvalue weighted by Crippen LogP contribution is 2.35. The number of aromatic nitrogens is 4. The SMILES string of the molecule is C#Cc1c(F)ccc2cc(=O)[nH]c(-c3ncc4c(N(C)C[C@H]5CCCCN5)nc(N5CCN(C)CC5)nc4c3F)c12. The number of aromatic amines is 1. The average molecular weight is 559 g/mol. The van der Waals surface area contributed by atoms with E-state index in [1.54, 1.807) is 0 Å². The number of nitrogens with zero attached hydrogens (tertiary/aromatic N) is 6. The second-order valence-electron chi connectivity index (χ2n) is 10.9. The Morgan fingerprint density at radius 3 is 2.71 bits per heavy atom. The number of likely N-dealkylation sites (N-methyl/N-ethyl adjacent to an activating group) is 2. The van der Waals surface area contributed by atoms with Crippen molar-refractivity contribution in [2.24, 2.45) is 0 Å². The topological polar surface area (TPSA) is 93.3 Å². The maximum atomic E-state index is 16.6. The minimum Gasteiger partial charge on any atom is -0.357 e. The molecule has 2 N–H and O–H groups in total. The lowest BCUT2D eigenvalue weighted by Gasteiger charge is -2.33. The number of piperazine rings is 1. The Hall–Kier alpha value is -4.14. The van der Waals surface area contributed by atoms with Crippen LogP contribution in [0.25, 0.3) is 33.1 Å². The molecule has 212 valence electrons. The zero-order valence-corrected chi connectivity index (χ0v) is 23.2. The Morgan fingerprint density at radius 2 is 1.98 bits per heavy atom. The fourth-order valence-electron chi connectivity index (χ4n) is 5.80. The zero-order chi connectivity index (χ0) is 28.7. The largest absolute Gasteiger partial charge is 0.357 e. The number of piperidine rings is 1. The molecule has 1 atom stereocenters. The third-order valence-electron chi connectivity index (χ3n) is 8.06. The van der Waals surface area contributed by atoms with E-state index < -0.39 is 17.2 Å². The van der Waals surface area contributed by atoms with E-state index in [1.165, 1.54) is 24.4 Å². The van der Waals surface area contributed by atoms with Gasteiger partial charge in [0.25, 0.3) is 0 Å². The lowest BCUT2D eigenvalue weighted by molar-refractivity contribution is 0.311. The minimum atomic E-state index is -0.735. The first-order valence-corrected chi connectivity index (χ1v) is 13.9. The van der Waals surface area contributed by atoms with Crippen molar-refractivity contribution in [3.05, 3.63) is 51.9 Å². The van der Waals surface area contributed by atoms with Gasteiger partial charge in [-0.25, -0.2) is 13.8 Å². The molecule has 2 aliphatic heterocycles. The van der Waals surface area contributed by atoms with Gasteiger partial charge in [-0.05, 0) is 37.9 Å². The number of anilines is 2. The standard InChI is InChI=1S/C30H32F2N8O/c1-4-20-22(31)9-8-18-15-23(41)35-27(24(18)20)28-25(32)26-21(16-34-28)29(39(3)17-19-7-5-6-10-33-19)37-30(36-26)40-13-11-38(2)12-14-40/h1,8-9,15-16,19,33H,5-7,10-14,17H2,2-3H3,(H,35,41)/t19-/m1/s1. The molecule has 0 saturated carbocycles. The number of benzene rings is 1. The molecule has 3 aromatic heterocycles. The van der Waals surface area contributed by atoms with Gasteiger partial charge in [0.15, 0.2) is 5.82 Å². The highest BCUT2D eigenvalue weighted by molar-refractivity contribution is 6.00. The van der Waals surface area contributed by atoms with Gasteiger partial charge in [0, 0.05) is 63.5 Å². The summed E-state index contributed by atoms with van der Waals surface area (Å²) < 4.78 is 31.3. The summed E-state index contributed by atoms with van der Waals surface area (Å²) in [5.74, 6) is 1.98. The number of pyridine rings is 2. The van der Waals surface area contributed by atoms with Crippen molar-refractivity contribution in [2.45, 2.75) is 25.3 Å². The second kappa shape index (κ2) is 11.0. The lowest BCUT2D eigenvalue weighted by Crippen LogP contribution is -2.45. The highest BCUT2D eigenvalue weighted by Gasteiger charge is 2.26.